The number of hydrogen-bond acceptors (Lipinski definition) is 7. The maximum Gasteiger partial charge on any atom is 0.214 e. The molecule has 5 rings (SSSR count). The van der Waals surface area contributed by atoms with Crippen LogP contribution >= 0.6 is 10.0 Å². The molecule has 0 aromatic carbocycles. The number of hydrogen-bond donors (Lipinski definition) is 1. The van der Waals surface area contributed by atoms with E-state index in [0.717, 1.165) is 37.3 Å². The van der Waals surface area contributed by atoms with Crippen molar-refractivity contribution in [1.29, 1.82) is 5.26 Å². The number of nitrogens with one attached hydrogen (secondary N) is 1. The maximum atomic E-state index is 12.6. The van der Waals surface area contributed by atoms with E-state index in [1.165, 1.54) is 0 Å². The van der Waals surface area contributed by atoms with Crippen LogP contribution in [0.15, 0.2) is 12.4 Å². The molecular weight excluding hydrogens is 498 g/mol. The molecule has 3 aromatic rings. The van der Waals surface area contributed by atoms with Crippen molar-refractivity contribution in [3.8, 4) is 6.07 Å². The maximum absolute atomic E-state index is 12.6. The Labute approximate surface area is 213 Å². The van der Waals surface area contributed by atoms with Crippen LogP contribution in [-0.4, -0.2) is 75.0 Å². The Morgan fingerprint density at radius 3 is 2.67 bits per heavy atom. The summed E-state index contributed by atoms with van der Waals surface area (Å²) in [6.07, 6.45) is 14.1. The van der Waals surface area contributed by atoms with Crippen LogP contribution in [0.2, 0.25) is 0 Å². The monoisotopic (exact) mass is 533 g/mol. The average molecular weight is 534 g/mol. The molecule has 2 aliphatic carbocycles. The Kier molecular flexibility index (Phi) is 6.78. The van der Waals surface area contributed by atoms with E-state index in [1.54, 1.807) is 12.4 Å². The molecule has 12 heteroatoms. The summed E-state index contributed by atoms with van der Waals surface area (Å²) in [6, 6.07) is 2.19. The predicted octanol–water partition coefficient (Wildman–Crippen LogP) is 2.97. The lowest BCUT2D eigenvalue weighted by Crippen LogP contribution is -2.35. The van der Waals surface area contributed by atoms with Gasteiger partial charge in [0.15, 0.2) is 11.3 Å². The average Bonchev–Trinajstić information content (AvgIpc) is 3.35. The van der Waals surface area contributed by atoms with Gasteiger partial charge in [-0.15, -0.1) is 10.2 Å². The minimum atomic E-state index is -3.26. The summed E-state index contributed by atoms with van der Waals surface area (Å²) in [7, 11) is -3.91. The smallest absolute Gasteiger partial charge is 0.214 e. The van der Waals surface area contributed by atoms with E-state index in [1.807, 2.05) is 8.97 Å². The largest absolute Gasteiger partial charge is 0.360 e. The fraction of sp³-hybridized carbons (Fsp3) is 0.667. The lowest BCUT2D eigenvalue weighted by molar-refractivity contribution is 0.0923. The highest BCUT2D eigenvalue weighted by Crippen LogP contribution is 2.42. The van der Waals surface area contributed by atoms with Crippen molar-refractivity contribution in [1.82, 2.24) is 28.9 Å². The molecule has 0 bridgehead atoms. The number of rotatable bonds is 10. The molecule has 10 nitrogen and oxygen atoms in total. The van der Waals surface area contributed by atoms with Gasteiger partial charge >= 0.3 is 0 Å². The number of nitrogens with zero attached hydrogens (tertiary/aromatic N) is 6. The van der Waals surface area contributed by atoms with Crippen LogP contribution in [0.1, 0.15) is 56.3 Å². The van der Waals surface area contributed by atoms with Gasteiger partial charge in [0.25, 0.3) is 0 Å². The number of sulfonamides is 1. The number of aromatic nitrogens is 5. The zero-order valence-corrected chi connectivity index (χ0v) is 23.0. The predicted molar refractivity (Wildman–Crippen MR) is 142 cm³/mol. The third-order valence-corrected chi connectivity index (χ3v) is 10.7. The lowest BCUT2D eigenvalue weighted by atomic mass is 9.93. The second-order valence-corrected chi connectivity index (χ2v) is 17.5. The second kappa shape index (κ2) is 9.59. The first-order valence-corrected chi connectivity index (χ1v) is 17.1. The summed E-state index contributed by atoms with van der Waals surface area (Å²) in [5, 5.41) is 18.6. The minimum absolute atomic E-state index is 0.0309. The van der Waals surface area contributed by atoms with Crippen LogP contribution in [0.4, 0.5) is 0 Å². The highest BCUT2D eigenvalue weighted by atomic mass is 32.3. The van der Waals surface area contributed by atoms with Crippen LogP contribution in [0, 0.1) is 17.2 Å². The van der Waals surface area contributed by atoms with E-state index in [-0.39, 0.29) is 23.1 Å². The number of ether oxygens (including phenoxy) is 1. The van der Waals surface area contributed by atoms with Crippen molar-refractivity contribution in [3.63, 3.8) is 0 Å². The quantitative estimate of drug-likeness (QED) is 0.397. The summed E-state index contributed by atoms with van der Waals surface area (Å²) >= 11 is 0. The highest BCUT2D eigenvalue weighted by molar-refractivity contribution is 8.32. The molecule has 1 N–H and O–H groups in total. The third-order valence-electron chi connectivity index (χ3n) is 7.30. The Hall–Kier alpha value is -2.20. The Morgan fingerprint density at radius 1 is 1.22 bits per heavy atom. The zero-order valence-electron chi connectivity index (χ0n) is 21.3. The van der Waals surface area contributed by atoms with Crippen molar-refractivity contribution in [2.45, 2.75) is 63.0 Å². The van der Waals surface area contributed by atoms with Gasteiger partial charge in [-0.05, 0) is 50.4 Å². The van der Waals surface area contributed by atoms with E-state index in [4.69, 9.17) is 4.74 Å². The van der Waals surface area contributed by atoms with Crippen LogP contribution < -0.4 is 4.72 Å². The first kappa shape index (κ1) is 25.4. The standard InChI is InChI=1S/C24H35N7O3S2/c1-5-16-10-18(29-36(32,33)19-6-7-19)11-20(16)23-28-27-21-13-26-24-22(31(21)23)17(12-25)14-30(24)15-34-8-9-35(2,3)4/h13-14,16,18-20,29H,5-11,15H2,1-4H3/t16-,18+,20+/m1/s1. The normalized spacial score (nSPS) is 23.5. The Morgan fingerprint density at radius 2 is 2.00 bits per heavy atom. The van der Waals surface area contributed by atoms with Crippen molar-refractivity contribution in [2.24, 2.45) is 5.92 Å². The van der Waals surface area contributed by atoms with Gasteiger partial charge in [-0.25, -0.2) is 28.2 Å². The first-order chi connectivity index (χ1) is 17.1. The Bertz CT molecular complexity index is 1410. The molecule has 2 saturated carbocycles. The molecule has 0 saturated heterocycles. The summed E-state index contributed by atoms with van der Waals surface area (Å²) in [5.74, 6) is 2.08. The fourth-order valence-electron chi connectivity index (χ4n) is 5.22. The molecule has 0 radical (unpaired) electrons. The fourth-order valence-corrected chi connectivity index (χ4v) is 7.44. The van der Waals surface area contributed by atoms with Crippen LogP contribution in [-0.2, 0) is 21.5 Å². The third kappa shape index (κ3) is 4.98. The van der Waals surface area contributed by atoms with Gasteiger partial charge in [0.1, 0.15) is 24.1 Å². The van der Waals surface area contributed by atoms with E-state index < -0.39 is 20.1 Å². The van der Waals surface area contributed by atoms with Crippen molar-refractivity contribution in [3.05, 3.63) is 23.8 Å². The minimum Gasteiger partial charge on any atom is -0.360 e. The second-order valence-electron chi connectivity index (χ2n) is 10.9. The molecule has 36 heavy (non-hydrogen) atoms. The molecule has 0 unspecified atom stereocenters. The van der Waals surface area contributed by atoms with Gasteiger partial charge in [0, 0.05) is 23.9 Å². The lowest BCUT2D eigenvalue weighted by Gasteiger charge is -2.24. The summed E-state index contributed by atoms with van der Waals surface area (Å²) < 4.78 is 37.8. The molecule has 3 heterocycles. The van der Waals surface area contributed by atoms with E-state index in [9.17, 15) is 13.7 Å². The van der Waals surface area contributed by atoms with Crippen LogP contribution in [0.25, 0.3) is 16.8 Å². The molecule has 0 aliphatic heterocycles. The van der Waals surface area contributed by atoms with Crippen molar-refractivity contribution in [2.75, 3.05) is 31.1 Å². The van der Waals surface area contributed by atoms with Gasteiger partial charge < -0.3 is 9.30 Å². The Balaban J connectivity index is 1.47. The summed E-state index contributed by atoms with van der Waals surface area (Å²) in [5.41, 5.74) is 2.41. The molecule has 3 aromatic heterocycles. The molecule has 2 aliphatic rings. The van der Waals surface area contributed by atoms with Gasteiger partial charge in [0.05, 0.1) is 23.6 Å². The van der Waals surface area contributed by atoms with Gasteiger partial charge in [-0.2, -0.15) is 5.26 Å². The SMILES string of the molecule is CC[C@@H]1C[C@H](NS(=O)(=O)C2CC2)C[C@@H]1c1nnc2cnc3c(c(C#N)cn3COCCS(C)(C)C)n12. The highest BCUT2D eigenvalue weighted by Gasteiger charge is 2.42. The van der Waals surface area contributed by atoms with Crippen LogP contribution in [0.3, 0.4) is 0 Å². The van der Waals surface area contributed by atoms with Gasteiger partial charge in [-0.1, -0.05) is 13.3 Å². The van der Waals surface area contributed by atoms with Gasteiger partial charge in [-0.3, -0.25) is 4.40 Å². The summed E-state index contributed by atoms with van der Waals surface area (Å²) in [4.78, 5) is 4.60. The topological polar surface area (TPSA) is 127 Å². The van der Waals surface area contributed by atoms with Crippen molar-refractivity contribution >= 4 is 36.9 Å². The van der Waals surface area contributed by atoms with Crippen molar-refractivity contribution < 1.29 is 13.2 Å². The zero-order chi connectivity index (χ0) is 25.7. The summed E-state index contributed by atoms with van der Waals surface area (Å²) in [6.45, 7) is 3.10. The number of nitriles is 1. The molecule has 0 spiro atoms. The molecular formula is C24H35N7O3S2. The molecule has 2 fully saturated rings. The van der Waals surface area contributed by atoms with E-state index >= 15 is 0 Å². The molecule has 196 valence electrons. The first-order valence-electron chi connectivity index (χ1n) is 12.5. The molecule has 3 atom stereocenters. The number of fused-ring (bicyclic) bond motifs is 3. The molecule has 0 amide bonds. The van der Waals surface area contributed by atoms with E-state index in [0.29, 0.717) is 42.1 Å². The van der Waals surface area contributed by atoms with Gasteiger partial charge in [0.2, 0.25) is 10.0 Å². The van der Waals surface area contributed by atoms with Crippen LogP contribution in [0.5, 0.6) is 0 Å². The van der Waals surface area contributed by atoms with E-state index in [2.05, 4.69) is 51.7 Å².